The van der Waals surface area contributed by atoms with E-state index in [0.29, 0.717) is 18.2 Å². The van der Waals surface area contributed by atoms with Crippen molar-refractivity contribution in [3.05, 3.63) is 0 Å². The molecule has 2 fully saturated rings. The van der Waals surface area contributed by atoms with Gasteiger partial charge in [0, 0.05) is 12.6 Å². The van der Waals surface area contributed by atoms with Crippen LogP contribution in [0.5, 0.6) is 0 Å². The van der Waals surface area contributed by atoms with E-state index in [4.69, 9.17) is 9.84 Å². The van der Waals surface area contributed by atoms with Gasteiger partial charge in [-0.05, 0) is 32.2 Å². The summed E-state index contributed by atoms with van der Waals surface area (Å²) in [5, 5.41) is 12.0. The van der Waals surface area contributed by atoms with Gasteiger partial charge in [0.25, 0.3) is 0 Å². The molecule has 2 aliphatic heterocycles. The fraction of sp³-hybridized carbons (Fsp3) is 1.00. The Hall–Kier alpha value is -0.120. The van der Waals surface area contributed by atoms with Crippen molar-refractivity contribution in [1.82, 2.24) is 5.32 Å². The SMILES string of the molecule is OCCCNC1CC2CCC1O2. The lowest BCUT2D eigenvalue weighted by Gasteiger charge is -2.19. The van der Waals surface area contributed by atoms with E-state index in [-0.39, 0.29) is 6.61 Å². The van der Waals surface area contributed by atoms with E-state index in [0.717, 1.165) is 13.0 Å². The summed E-state index contributed by atoms with van der Waals surface area (Å²) in [7, 11) is 0. The van der Waals surface area contributed by atoms with Gasteiger partial charge in [0.2, 0.25) is 0 Å². The van der Waals surface area contributed by atoms with Gasteiger partial charge >= 0.3 is 0 Å². The number of aliphatic hydroxyl groups excluding tert-OH is 1. The van der Waals surface area contributed by atoms with Crippen molar-refractivity contribution < 1.29 is 9.84 Å². The average Bonchev–Trinajstić information content (AvgIpc) is 2.65. The minimum atomic E-state index is 0.286. The molecular weight excluding hydrogens is 154 g/mol. The minimum Gasteiger partial charge on any atom is -0.396 e. The van der Waals surface area contributed by atoms with Crippen LogP contribution >= 0.6 is 0 Å². The quantitative estimate of drug-likeness (QED) is 0.597. The van der Waals surface area contributed by atoms with Crippen LogP contribution in [-0.4, -0.2) is 36.5 Å². The summed E-state index contributed by atoms with van der Waals surface area (Å²) in [6, 6.07) is 0.565. The molecule has 3 unspecified atom stereocenters. The molecule has 0 aromatic carbocycles. The van der Waals surface area contributed by atoms with E-state index >= 15 is 0 Å². The second kappa shape index (κ2) is 3.73. The third kappa shape index (κ3) is 1.63. The van der Waals surface area contributed by atoms with Gasteiger partial charge in [0.05, 0.1) is 12.2 Å². The van der Waals surface area contributed by atoms with Gasteiger partial charge in [0.15, 0.2) is 0 Å². The van der Waals surface area contributed by atoms with E-state index in [2.05, 4.69) is 5.32 Å². The highest BCUT2D eigenvalue weighted by Crippen LogP contribution is 2.34. The lowest BCUT2D eigenvalue weighted by Crippen LogP contribution is -2.38. The summed E-state index contributed by atoms with van der Waals surface area (Å²) < 4.78 is 5.69. The van der Waals surface area contributed by atoms with Gasteiger partial charge in [-0.25, -0.2) is 0 Å². The number of rotatable bonds is 4. The summed E-state index contributed by atoms with van der Waals surface area (Å²) in [5.74, 6) is 0. The molecule has 0 aliphatic carbocycles. The number of aliphatic hydroxyl groups is 1. The number of hydrogen-bond acceptors (Lipinski definition) is 3. The second-order valence-corrected chi connectivity index (χ2v) is 3.75. The Balaban J connectivity index is 1.69. The molecule has 12 heavy (non-hydrogen) atoms. The van der Waals surface area contributed by atoms with Crippen LogP contribution in [0.15, 0.2) is 0 Å². The average molecular weight is 171 g/mol. The van der Waals surface area contributed by atoms with E-state index in [1.165, 1.54) is 19.3 Å². The molecule has 2 saturated heterocycles. The Morgan fingerprint density at radius 2 is 2.33 bits per heavy atom. The maximum atomic E-state index is 8.60. The Morgan fingerprint density at radius 3 is 2.92 bits per heavy atom. The Labute approximate surface area is 73.1 Å². The Bertz CT molecular complexity index is 151. The highest BCUT2D eigenvalue weighted by molar-refractivity contribution is 4.93. The standard InChI is InChI=1S/C9H17NO2/c11-5-1-4-10-8-6-7-2-3-9(8)12-7/h7-11H,1-6H2. The van der Waals surface area contributed by atoms with Gasteiger partial charge in [-0.2, -0.15) is 0 Å². The second-order valence-electron chi connectivity index (χ2n) is 3.75. The third-order valence-corrected chi connectivity index (χ3v) is 2.85. The number of ether oxygens (including phenoxy) is 1. The topological polar surface area (TPSA) is 41.5 Å². The molecule has 0 radical (unpaired) electrons. The zero-order valence-electron chi connectivity index (χ0n) is 7.33. The molecule has 3 nitrogen and oxygen atoms in total. The predicted octanol–water partition coefficient (Wildman–Crippen LogP) is 0.278. The Morgan fingerprint density at radius 1 is 1.42 bits per heavy atom. The van der Waals surface area contributed by atoms with Crippen LogP contribution in [0.25, 0.3) is 0 Å². The molecule has 0 amide bonds. The van der Waals surface area contributed by atoms with Gasteiger partial charge in [-0.15, -0.1) is 0 Å². The molecule has 0 aromatic rings. The lowest BCUT2D eigenvalue weighted by molar-refractivity contribution is 0.0972. The van der Waals surface area contributed by atoms with Crippen LogP contribution < -0.4 is 5.32 Å². The van der Waals surface area contributed by atoms with Crippen LogP contribution in [0.2, 0.25) is 0 Å². The van der Waals surface area contributed by atoms with Gasteiger partial charge < -0.3 is 15.2 Å². The molecule has 2 heterocycles. The summed E-state index contributed by atoms with van der Waals surface area (Å²) in [6.07, 6.45) is 5.50. The first-order chi connectivity index (χ1) is 5.90. The molecule has 2 aliphatic rings. The summed E-state index contributed by atoms with van der Waals surface area (Å²) in [4.78, 5) is 0. The van der Waals surface area contributed by atoms with E-state index < -0.39 is 0 Å². The predicted molar refractivity (Wildman–Crippen MR) is 46.0 cm³/mol. The number of hydrogen-bond donors (Lipinski definition) is 2. The summed E-state index contributed by atoms with van der Waals surface area (Å²) in [6.45, 7) is 1.21. The van der Waals surface area contributed by atoms with E-state index in [1.807, 2.05) is 0 Å². The van der Waals surface area contributed by atoms with Crippen LogP contribution in [-0.2, 0) is 4.74 Å². The third-order valence-electron chi connectivity index (χ3n) is 2.85. The van der Waals surface area contributed by atoms with Crippen LogP contribution in [0.4, 0.5) is 0 Å². The normalized spacial score (nSPS) is 39.2. The molecule has 2 rings (SSSR count). The van der Waals surface area contributed by atoms with Crippen molar-refractivity contribution >= 4 is 0 Å². The molecule has 2 bridgehead atoms. The maximum absolute atomic E-state index is 8.60. The largest absolute Gasteiger partial charge is 0.396 e. The molecule has 0 spiro atoms. The fourth-order valence-corrected chi connectivity index (χ4v) is 2.22. The molecule has 3 atom stereocenters. The van der Waals surface area contributed by atoms with Crippen molar-refractivity contribution in [2.45, 2.75) is 43.9 Å². The van der Waals surface area contributed by atoms with Crippen molar-refractivity contribution in [3.8, 4) is 0 Å². The monoisotopic (exact) mass is 171 g/mol. The molecule has 0 saturated carbocycles. The maximum Gasteiger partial charge on any atom is 0.0733 e. The number of nitrogens with one attached hydrogen (secondary N) is 1. The van der Waals surface area contributed by atoms with Crippen molar-refractivity contribution in [2.24, 2.45) is 0 Å². The van der Waals surface area contributed by atoms with Crippen LogP contribution in [0.1, 0.15) is 25.7 Å². The first-order valence-corrected chi connectivity index (χ1v) is 4.90. The summed E-state index contributed by atoms with van der Waals surface area (Å²) >= 11 is 0. The lowest BCUT2D eigenvalue weighted by atomic mass is 9.95. The Kier molecular flexibility index (Phi) is 2.63. The van der Waals surface area contributed by atoms with Crippen molar-refractivity contribution in [2.75, 3.05) is 13.2 Å². The smallest absolute Gasteiger partial charge is 0.0733 e. The fourth-order valence-electron chi connectivity index (χ4n) is 2.22. The van der Waals surface area contributed by atoms with Gasteiger partial charge in [0.1, 0.15) is 0 Å². The van der Waals surface area contributed by atoms with E-state index in [1.54, 1.807) is 0 Å². The molecule has 2 N–H and O–H groups in total. The highest BCUT2D eigenvalue weighted by atomic mass is 16.5. The van der Waals surface area contributed by atoms with Gasteiger partial charge in [-0.1, -0.05) is 0 Å². The van der Waals surface area contributed by atoms with Crippen LogP contribution in [0, 0.1) is 0 Å². The molecule has 70 valence electrons. The van der Waals surface area contributed by atoms with Crippen molar-refractivity contribution in [1.29, 1.82) is 0 Å². The molecule has 3 heteroatoms. The zero-order chi connectivity index (χ0) is 8.39. The molecule has 0 aromatic heterocycles. The highest BCUT2D eigenvalue weighted by Gasteiger charge is 2.40. The molecular formula is C9H17NO2. The first-order valence-electron chi connectivity index (χ1n) is 4.90. The minimum absolute atomic E-state index is 0.286. The zero-order valence-corrected chi connectivity index (χ0v) is 7.33. The van der Waals surface area contributed by atoms with Gasteiger partial charge in [-0.3, -0.25) is 0 Å². The van der Waals surface area contributed by atoms with Crippen LogP contribution in [0.3, 0.4) is 0 Å². The van der Waals surface area contributed by atoms with Crippen molar-refractivity contribution in [3.63, 3.8) is 0 Å². The van der Waals surface area contributed by atoms with E-state index in [9.17, 15) is 0 Å². The summed E-state index contributed by atoms with van der Waals surface area (Å²) in [5.41, 5.74) is 0. The number of fused-ring (bicyclic) bond motifs is 2. The first kappa shape index (κ1) is 8.48.